The number of ether oxygens (including phenoxy) is 2. The molecule has 0 unspecified atom stereocenters. The van der Waals surface area contributed by atoms with E-state index in [1.54, 1.807) is 6.07 Å². The fourth-order valence-electron chi connectivity index (χ4n) is 1.45. The number of rotatable bonds is 8. The van der Waals surface area contributed by atoms with Gasteiger partial charge in [0.25, 0.3) is 0 Å². The third kappa shape index (κ3) is 5.58. The highest BCUT2D eigenvalue weighted by Crippen LogP contribution is 2.11. The molecule has 0 amide bonds. The van der Waals surface area contributed by atoms with Gasteiger partial charge in [-0.1, -0.05) is 26.0 Å². The van der Waals surface area contributed by atoms with Crippen molar-refractivity contribution in [3.05, 3.63) is 35.1 Å². The second-order valence-electron chi connectivity index (χ2n) is 4.65. The molecule has 0 fully saturated rings. The average molecular weight is 255 g/mol. The quantitative estimate of drug-likeness (QED) is 0.726. The first-order chi connectivity index (χ1) is 8.63. The van der Waals surface area contributed by atoms with Gasteiger partial charge in [-0.3, -0.25) is 0 Å². The van der Waals surface area contributed by atoms with E-state index in [4.69, 9.17) is 15.2 Å². The summed E-state index contributed by atoms with van der Waals surface area (Å²) in [5.41, 5.74) is 6.77. The maximum absolute atomic E-state index is 13.6. The summed E-state index contributed by atoms with van der Waals surface area (Å²) in [7, 11) is 0. The fraction of sp³-hybridized carbons (Fsp3) is 0.571. The largest absolute Gasteiger partial charge is 0.379 e. The zero-order valence-electron chi connectivity index (χ0n) is 11.1. The Hall–Kier alpha value is -0.970. The minimum atomic E-state index is -0.263. The van der Waals surface area contributed by atoms with Crippen LogP contribution in [0.15, 0.2) is 18.2 Å². The molecule has 0 radical (unpaired) electrons. The molecular weight excluding hydrogens is 233 g/mol. The van der Waals surface area contributed by atoms with Crippen LogP contribution in [-0.2, 0) is 22.6 Å². The Balaban J connectivity index is 2.23. The second kappa shape index (κ2) is 8.19. The van der Waals surface area contributed by atoms with Gasteiger partial charge >= 0.3 is 0 Å². The maximum Gasteiger partial charge on any atom is 0.129 e. The van der Waals surface area contributed by atoms with Gasteiger partial charge in [-0.05, 0) is 17.5 Å². The first-order valence-corrected chi connectivity index (χ1v) is 6.26. The van der Waals surface area contributed by atoms with Crippen molar-refractivity contribution in [2.24, 2.45) is 11.7 Å². The first kappa shape index (κ1) is 15.1. The molecule has 0 heterocycles. The van der Waals surface area contributed by atoms with Gasteiger partial charge in [0.15, 0.2) is 0 Å². The van der Waals surface area contributed by atoms with Crippen LogP contribution < -0.4 is 5.73 Å². The smallest absolute Gasteiger partial charge is 0.129 e. The maximum atomic E-state index is 13.6. The molecule has 1 aromatic rings. The summed E-state index contributed by atoms with van der Waals surface area (Å²) in [6.45, 7) is 6.54. The molecular formula is C14H22FNO2. The van der Waals surface area contributed by atoms with Crippen LogP contribution in [0, 0.1) is 11.7 Å². The highest BCUT2D eigenvalue weighted by Gasteiger charge is 2.03. The molecule has 0 aliphatic heterocycles. The van der Waals surface area contributed by atoms with Crippen molar-refractivity contribution in [1.82, 2.24) is 0 Å². The lowest BCUT2D eigenvalue weighted by atomic mass is 10.1. The molecule has 3 nitrogen and oxygen atoms in total. The molecule has 0 aliphatic carbocycles. The molecule has 18 heavy (non-hydrogen) atoms. The van der Waals surface area contributed by atoms with Crippen LogP contribution in [0.25, 0.3) is 0 Å². The van der Waals surface area contributed by atoms with Crippen molar-refractivity contribution >= 4 is 0 Å². The fourth-order valence-corrected chi connectivity index (χ4v) is 1.45. The topological polar surface area (TPSA) is 44.5 Å². The molecule has 0 saturated heterocycles. The third-order valence-corrected chi connectivity index (χ3v) is 2.43. The number of benzene rings is 1. The molecule has 0 aliphatic rings. The molecule has 0 bridgehead atoms. The van der Waals surface area contributed by atoms with Crippen LogP contribution in [0.5, 0.6) is 0 Å². The Morgan fingerprint density at radius 3 is 2.56 bits per heavy atom. The van der Waals surface area contributed by atoms with E-state index in [1.807, 2.05) is 6.07 Å². The normalized spacial score (nSPS) is 11.2. The number of hydrogen-bond acceptors (Lipinski definition) is 3. The summed E-state index contributed by atoms with van der Waals surface area (Å²) in [6, 6.07) is 4.98. The van der Waals surface area contributed by atoms with Crippen LogP contribution >= 0.6 is 0 Å². The minimum absolute atomic E-state index is 0.263. The Labute approximate surface area is 108 Å². The lowest BCUT2D eigenvalue weighted by Gasteiger charge is -2.08. The number of hydrogen-bond donors (Lipinski definition) is 1. The summed E-state index contributed by atoms with van der Waals surface area (Å²) in [5, 5.41) is 0. The lowest BCUT2D eigenvalue weighted by Crippen LogP contribution is -2.09. The van der Waals surface area contributed by atoms with Crippen molar-refractivity contribution in [1.29, 1.82) is 0 Å². The average Bonchev–Trinajstić information content (AvgIpc) is 2.34. The molecule has 0 spiro atoms. The number of halogens is 1. The summed E-state index contributed by atoms with van der Waals surface area (Å²) in [5.74, 6) is 0.257. The van der Waals surface area contributed by atoms with E-state index >= 15 is 0 Å². The van der Waals surface area contributed by atoms with Gasteiger partial charge in [-0.15, -0.1) is 0 Å². The lowest BCUT2D eigenvalue weighted by molar-refractivity contribution is 0.0307. The molecule has 2 N–H and O–H groups in total. The first-order valence-electron chi connectivity index (χ1n) is 6.26. The van der Waals surface area contributed by atoms with Crippen molar-refractivity contribution in [2.45, 2.75) is 27.0 Å². The van der Waals surface area contributed by atoms with E-state index < -0.39 is 0 Å². The van der Waals surface area contributed by atoms with Gasteiger partial charge in [-0.25, -0.2) is 4.39 Å². The zero-order chi connectivity index (χ0) is 13.4. The van der Waals surface area contributed by atoms with Gasteiger partial charge in [0.05, 0.1) is 19.8 Å². The van der Waals surface area contributed by atoms with Gasteiger partial charge in [0.1, 0.15) is 5.82 Å². The highest BCUT2D eigenvalue weighted by molar-refractivity contribution is 5.23. The van der Waals surface area contributed by atoms with Crippen LogP contribution in [-0.4, -0.2) is 19.8 Å². The molecule has 0 atom stereocenters. The Morgan fingerprint density at radius 2 is 1.94 bits per heavy atom. The highest BCUT2D eigenvalue weighted by atomic mass is 19.1. The van der Waals surface area contributed by atoms with Gasteiger partial charge in [-0.2, -0.15) is 0 Å². The minimum Gasteiger partial charge on any atom is -0.379 e. The summed E-state index contributed by atoms with van der Waals surface area (Å²) in [6.07, 6.45) is 0. The van der Waals surface area contributed by atoms with Gasteiger partial charge < -0.3 is 15.2 Å². The monoisotopic (exact) mass is 255 g/mol. The van der Waals surface area contributed by atoms with Crippen LogP contribution in [0.4, 0.5) is 4.39 Å². The van der Waals surface area contributed by atoms with Crippen molar-refractivity contribution in [3.8, 4) is 0 Å². The van der Waals surface area contributed by atoms with Crippen LogP contribution in [0.2, 0.25) is 0 Å². The van der Waals surface area contributed by atoms with Gasteiger partial charge in [0.2, 0.25) is 0 Å². The second-order valence-corrected chi connectivity index (χ2v) is 4.65. The van der Waals surface area contributed by atoms with E-state index in [2.05, 4.69) is 13.8 Å². The summed E-state index contributed by atoms with van der Waals surface area (Å²) < 4.78 is 24.3. The SMILES string of the molecule is CC(C)COCCOCc1ccc(CN)cc1F. The van der Waals surface area contributed by atoms with Crippen LogP contribution in [0.1, 0.15) is 25.0 Å². The molecule has 0 aromatic heterocycles. The molecule has 4 heteroatoms. The summed E-state index contributed by atoms with van der Waals surface area (Å²) >= 11 is 0. The Bertz CT molecular complexity index is 356. The van der Waals surface area contributed by atoms with Gasteiger partial charge in [0, 0.05) is 18.7 Å². The standard InChI is InChI=1S/C14H22FNO2/c1-11(2)9-17-5-6-18-10-13-4-3-12(8-16)7-14(13)15/h3-4,7,11H,5-6,8-10,16H2,1-2H3. The predicted octanol–water partition coefficient (Wildman–Crippen LogP) is 2.47. The molecule has 0 saturated carbocycles. The summed E-state index contributed by atoms with van der Waals surface area (Å²) in [4.78, 5) is 0. The molecule has 1 rings (SSSR count). The third-order valence-electron chi connectivity index (χ3n) is 2.43. The Morgan fingerprint density at radius 1 is 1.22 bits per heavy atom. The zero-order valence-corrected chi connectivity index (χ0v) is 11.1. The van der Waals surface area contributed by atoms with E-state index in [-0.39, 0.29) is 12.4 Å². The van der Waals surface area contributed by atoms with Crippen LogP contribution in [0.3, 0.4) is 0 Å². The van der Waals surface area contributed by atoms with Crippen molar-refractivity contribution in [2.75, 3.05) is 19.8 Å². The van der Waals surface area contributed by atoms with E-state index in [1.165, 1.54) is 6.07 Å². The van der Waals surface area contributed by atoms with Crippen molar-refractivity contribution < 1.29 is 13.9 Å². The van der Waals surface area contributed by atoms with E-state index in [0.717, 1.165) is 12.2 Å². The predicted molar refractivity (Wildman–Crippen MR) is 69.6 cm³/mol. The molecule has 1 aromatic carbocycles. The van der Waals surface area contributed by atoms with E-state index in [9.17, 15) is 4.39 Å². The van der Waals surface area contributed by atoms with E-state index in [0.29, 0.717) is 31.2 Å². The number of nitrogens with two attached hydrogens (primary N) is 1. The van der Waals surface area contributed by atoms with Crippen molar-refractivity contribution in [3.63, 3.8) is 0 Å². The Kier molecular flexibility index (Phi) is 6.86. The molecule has 102 valence electrons.